The predicted octanol–water partition coefficient (Wildman–Crippen LogP) is 1.94. The Morgan fingerprint density at radius 3 is 2.88 bits per heavy atom. The molecule has 1 saturated carbocycles. The average Bonchev–Trinajstić information content (AvgIpc) is 3.02. The molecule has 4 nitrogen and oxygen atoms in total. The summed E-state index contributed by atoms with van der Waals surface area (Å²) in [4.78, 5) is 16.0. The van der Waals surface area contributed by atoms with Crippen molar-refractivity contribution in [3.05, 3.63) is 16.1 Å². The van der Waals surface area contributed by atoms with E-state index in [0.29, 0.717) is 11.6 Å². The second kappa shape index (κ2) is 5.14. The van der Waals surface area contributed by atoms with Gasteiger partial charge in [0.15, 0.2) is 0 Å². The van der Waals surface area contributed by atoms with Crippen LogP contribution in [-0.4, -0.2) is 17.4 Å². The lowest BCUT2D eigenvalue weighted by Crippen LogP contribution is -2.29. The molecule has 2 rings (SSSR count). The van der Waals surface area contributed by atoms with Crippen molar-refractivity contribution in [2.24, 2.45) is 17.6 Å². The summed E-state index contributed by atoms with van der Waals surface area (Å²) in [6.07, 6.45) is 2.62. The second-order valence-corrected chi connectivity index (χ2v) is 5.77. The van der Waals surface area contributed by atoms with E-state index in [9.17, 15) is 4.79 Å². The van der Waals surface area contributed by atoms with Crippen molar-refractivity contribution in [2.45, 2.75) is 32.7 Å². The first-order valence-corrected chi connectivity index (χ1v) is 6.95. The Hall–Kier alpha value is -0.940. The predicted molar refractivity (Wildman–Crippen MR) is 68.9 cm³/mol. The lowest BCUT2D eigenvalue weighted by Gasteiger charge is -2.10. The fraction of sp³-hybridized carbons (Fsp3) is 0.667. The van der Waals surface area contributed by atoms with Crippen molar-refractivity contribution in [1.29, 1.82) is 0 Å². The highest BCUT2D eigenvalue weighted by atomic mass is 32.1. The van der Waals surface area contributed by atoms with Gasteiger partial charge in [0.05, 0.1) is 6.04 Å². The first kappa shape index (κ1) is 12.5. The van der Waals surface area contributed by atoms with Crippen LogP contribution in [0.1, 0.15) is 48.2 Å². The number of carbonyl (C=O) groups is 1. The van der Waals surface area contributed by atoms with Crippen molar-refractivity contribution in [2.75, 3.05) is 6.54 Å². The number of nitrogens with zero attached hydrogens (tertiary/aromatic N) is 1. The van der Waals surface area contributed by atoms with Gasteiger partial charge in [-0.25, -0.2) is 4.98 Å². The third-order valence-corrected chi connectivity index (χ3v) is 4.20. The van der Waals surface area contributed by atoms with E-state index < -0.39 is 0 Å². The quantitative estimate of drug-likeness (QED) is 0.842. The van der Waals surface area contributed by atoms with E-state index in [1.807, 2.05) is 6.92 Å². The van der Waals surface area contributed by atoms with Crippen LogP contribution in [0.25, 0.3) is 0 Å². The summed E-state index contributed by atoms with van der Waals surface area (Å²) in [6.45, 7) is 4.80. The monoisotopic (exact) mass is 253 g/mol. The Bertz CT molecular complexity index is 398. The zero-order valence-electron chi connectivity index (χ0n) is 10.3. The van der Waals surface area contributed by atoms with E-state index in [1.165, 1.54) is 24.2 Å². The van der Waals surface area contributed by atoms with Crippen LogP contribution in [0.5, 0.6) is 0 Å². The molecule has 0 bridgehead atoms. The Labute approximate surface area is 106 Å². The Balaban J connectivity index is 1.85. The number of hydrogen-bond acceptors (Lipinski definition) is 4. The zero-order chi connectivity index (χ0) is 12.4. The third-order valence-electron chi connectivity index (χ3n) is 3.16. The molecule has 0 saturated heterocycles. The Morgan fingerprint density at radius 2 is 2.35 bits per heavy atom. The van der Waals surface area contributed by atoms with Crippen molar-refractivity contribution < 1.29 is 4.79 Å². The summed E-state index contributed by atoms with van der Waals surface area (Å²) in [5, 5.41) is 5.52. The van der Waals surface area contributed by atoms with Gasteiger partial charge in [0, 0.05) is 11.9 Å². The van der Waals surface area contributed by atoms with Gasteiger partial charge in [-0.05, 0) is 31.6 Å². The van der Waals surface area contributed by atoms with Gasteiger partial charge >= 0.3 is 0 Å². The summed E-state index contributed by atoms with van der Waals surface area (Å²) >= 11 is 1.44. The molecule has 0 aromatic carbocycles. The smallest absolute Gasteiger partial charge is 0.270 e. The van der Waals surface area contributed by atoms with Gasteiger partial charge in [0.2, 0.25) is 0 Å². The van der Waals surface area contributed by atoms with Crippen LogP contribution in [0.4, 0.5) is 0 Å². The maximum atomic E-state index is 11.8. The molecule has 94 valence electrons. The van der Waals surface area contributed by atoms with Crippen molar-refractivity contribution >= 4 is 17.2 Å². The lowest BCUT2D eigenvalue weighted by atomic mass is 10.1. The van der Waals surface area contributed by atoms with Crippen molar-refractivity contribution in [1.82, 2.24) is 10.3 Å². The fourth-order valence-corrected chi connectivity index (χ4v) is 2.54. The molecule has 2 unspecified atom stereocenters. The van der Waals surface area contributed by atoms with Gasteiger partial charge in [-0.3, -0.25) is 4.79 Å². The Kier molecular flexibility index (Phi) is 3.79. The molecule has 5 heteroatoms. The van der Waals surface area contributed by atoms with Crippen molar-refractivity contribution in [3.63, 3.8) is 0 Å². The minimum atomic E-state index is -0.105. The minimum Gasteiger partial charge on any atom is -0.350 e. The van der Waals surface area contributed by atoms with Gasteiger partial charge < -0.3 is 11.1 Å². The molecule has 1 fully saturated rings. The van der Waals surface area contributed by atoms with Crippen LogP contribution >= 0.6 is 11.3 Å². The van der Waals surface area contributed by atoms with Gasteiger partial charge in [-0.2, -0.15) is 0 Å². The maximum Gasteiger partial charge on any atom is 0.270 e. The van der Waals surface area contributed by atoms with E-state index in [4.69, 9.17) is 5.73 Å². The lowest BCUT2D eigenvalue weighted by molar-refractivity contribution is 0.0942. The van der Waals surface area contributed by atoms with Crippen LogP contribution in [0.15, 0.2) is 5.38 Å². The summed E-state index contributed by atoms with van der Waals surface area (Å²) < 4.78 is 0. The molecule has 1 aliphatic carbocycles. The van der Waals surface area contributed by atoms with Gasteiger partial charge in [0.25, 0.3) is 5.91 Å². The van der Waals surface area contributed by atoms with Crippen LogP contribution in [-0.2, 0) is 0 Å². The Morgan fingerprint density at radius 1 is 1.65 bits per heavy atom. The molecule has 17 heavy (non-hydrogen) atoms. The number of nitrogens with one attached hydrogen (secondary N) is 1. The van der Waals surface area contributed by atoms with Crippen LogP contribution in [0, 0.1) is 11.8 Å². The maximum absolute atomic E-state index is 11.8. The summed E-state index contributed by atoms with van der Waals surface area (Å²) in [5.74, 6) is 1.30. The van der Waals surface area contributed by atoms with E-state index in [0.717, 1.165) is 17.5 Å². The highest BCUT2D eigenvalue weighted by Crippen LogP contribution is 2.36. The number of carbonyl (C=O) groups excluding carboxylic acids is 1. The van der Waals surface area contributed by atoms with E-state index in [2.05, 4.69) is 17.2 Å². The minimum absolute atomic E-state index is 0.0827. The average molecular weight is 253 g/mol. The SMILES string of the molecule is CC(N)c1nc(C(=O)NCC(C)C2CC2)cs1. The summed E-state index contributed by atoms with van der Waals surface area (Å²) in [7, 11) is 0. The highest BCUT2D eigenvalue weighted by molar-refractivity contribution is 7.09. The molecule has 0 spiro atoms. The molecule has 3 N–H and O–H groups in total. The zero-order valence-corrected chi connectivity index (χ0v) is 11.1. The molecule has 1 amide bonds. The number of amides is 1. The number of hydrogen-bond donors (Lipinski definition) is 2. The molecule has 1 aliphatic rings. The van der Waals surface area contributed by atoms with Crippen LogP contribution < -0.4 is 11.1 Å². The first-order valence-electron chi connectivity index (χ1n) is 6.07. The highest BCUT2D eigenvalue weighted by Gasteiger charge is 2.28. The summed E-state index contributed by atoms with van der Waals surface area (Å²) in [5.41, 5.74) is 6.20. The number of rotatable bonds is 5. The molecule has 1 heterocycles. The molecular weight excluding hydrogens is 234 g/mol. The van der Waals surface area contributed by atoms with E-state index in [-0.39, 0.29) is 11.9 Å². The molecule has 1 aromatic heterocycles. The van der Waals surface area contributed by atoms with Crippen molar-refractivity contribution in [3.8, 4) is 0 Å². The van der Waals surface area contributed by atoms with Gasteiger partial charge in [0.1, 0.15) is 10.7 Å². The van der Waals surface area contributed by atoms with E-state index >= 15 is 0 Å². The fourth-order valence-electron chi connectivity index (χ4n) is 1.78. The largest absolute Gasteiger partial charge is 0.350 e. The topological polar surface area (TPSA) is 68.0 Å². The van der Waals surface area contributed by atoms with E-state index in [1.54, 1.807) is 5.38 Å². The van der Waals surface area contributed by atoms with Crippen LogP contribution in [0.3, 0.4) is 0 Å². The summed E-state index contributed by atoms with van der Waals surface area (Å²) in [6, 6.07) is -0.105. The molecule has 2 atom stereocenters. The second-order valence-electron chi connectivity index (χ2n) is 4.88. The van der Waals surface area contributed by atoms with Gasteiger partial charge in [-0.1, -0.05) is 6.92 Å². The molecule has 0 radical (unpaired) electrons. The molecule has 0 aliphatic heterocycles. The molecular formula is C12H19N3OS. The number of thiazole rings is 1. The normalized spacial score (nSPS) is 18.8. The van der Waals surface area contributed by atoms with Crippen LogP contribution in [0.2, 0.25) is 0 Å². The standard InChI is InChI=1S/C12H19N3OS/c1-7(9-3-4-9)5-14-11(16)10-6-17-12(15-10)8(2)13/h6-9H,3-5,13H2,1-2H3,(H,14,16). The number of aromatic nitrogens is 1. The molecule has 1 aromatic rings. The first-order chi connectivity index (χ1) is 8.08. The number of nitrogens with two attached hydrogens (primary N) is 1. The third kappa shape index (κ3) is 3.26. The van der Waals surface area contributed by atoms with Gasteiger partial charge in [-0.15, -0.1) is 11.3 Å².